The molecular weight excluding hydrogens is 314 g/mol. The highest BCUT2D eigenvalue weighted by Gasteiger charge is 2.17. The number of rotatable bonds is 4. The minimum atomic E-state index is -0.883. The van der Waals surface area contributed by atoms with Gasteiger partial charge in [0.1, 0.15) is 5.75 Å². The van der Waals surface area contributed by atoms with E-state index in [1.54, 1.807) is 7.11 Å². The van der Waals surface area contributed by atoms with Crippen LogP contribution in [-0.4, -0.2) is 18.2 Å². The predicted molar refractivity (Wildman–Crippen MR) is 90.0 cm³/mol. The maximum atomic E-state index is 11.2. The number of primary amides is 1. The number of benzene rings is 2. The van der Waals surface area contributed by atoms with Gasteiger partial charge in [-0.1, -0.05) is 23.9 Å². The van der Waals surface area contributed by atoms with Crippen LogP contribution < -0.4 is 20.9 Å². The van der Waals surface area contributed by atoms with Gasteiger partial charge in [0.2, 0.25) is 5.88 Å². The lowest BCUT2D eigenvalue weighted by Crippen LogP contribution is -2.16. The van der Waals surface area contributed by atoms with E-state index in [4.69, 9.17) is 20.9 Å². The van der Waals surface area contributed by atoms with Crippen molar-refractivity contribution in [2.75, 3.05) is 12.8 Å². The quantitative estimate of drug-likeness (QED) is 0.637. The molecule has 0 aliphatic heterocycles. The lowest BCUT2D eigenvalue weighted by atomic mass is 10.2. The molecule has 0 bridgehead atoms. The summed E-state index contributed by atoms with van der Waals surface area (Å²) in [5, 5.41) is 0.855. The highest BCUT2D eigenvalue weighted by atomic mass is 32.2. The van der Waals surface area contributed by atoms with Crippen molar-refractivity contribution in [3.63, 3.8) is 0 Å². The molecule has 0 unspecified atom stereocenters. The topological polar surface area (TPSA) is 103 Å². The number of aromatic nitrogens is 1. The van der Waals surface area contributed by atoms with Gasteiger partial charge < -0.3 is 25.9 Å². The van der Waals surface area contributed by atoms with Crippen molar-refractivity contribution in [2.24, 2.45) is 5.73 Å². The van der Waals surface area contributed by atoms with Gasteiger partial charge in [-0.15, -0.1) is 0 Å². The molecule has 118 valence electrons. The molecule has 7 heteroatoms. The summed E-state index contributed by atoms with van der Waals surface area (Å²) in [6.07, 6.45) is -0.883. The van der Waals surface area contributed by atoms with E-state index in [1.165, 1.54) is 11.8 Å². The fraction of sp³-hybridized carbons (Fsp3) is 0.0625. The highest BCUT2D eigenvalue weighted by Crippen LogP contribution is 2.43. The molecule has 0 fully saturated rings. The van der Waals surface area contributed by atoms with Crippen molar-refractivity contribution >= 4 is 34.4 Å². The standard InChI is InChI=1S/C16H15N3O3S/c1-21-9-6-7-12-10(8-9)14(15(19-12)22-16(18)20)23-13-5-3-2-4-11(13)17/h2-8,19H,17H2,1H3,(H2,18,20). The van der Waals surface area contributed by atoms with Crippen LogP contribution in [0.1, 0.15) is 0 Å². The Kier molecular flexibility index (Phi) is 4.03. The van der Waals surface area contributed by atoms with E-state index >= 15 is 0 Å². The molecule has 0 aliphatic carbocycles. The Balaban J connectivity index is 2.14. The van der Waals surface area contributed by atoms with Gasteiger partial charge >= 0.3 is 6.09 Å². The molecule has 1 heterocycles. The van der Waals surface area contributed by atoms with Gasteiger partial charge in [0.25, 0.3) is 0 Å². The first-order valence-corrected chi connectivity index (χ1v) is 7.59. The third-order valence-electron chi connectivity index (χ3n) is 3.26. The number of para-hydroxylation sites is 1. The van der Waals surface area contributed by atoms with Crippen molar-refractivity contribution < 1.29 is 14.3 Å². The number of hydrogen-bond acceptors (Lipinski definition) is 5. The van der Waals surface area contributed by atoms with Crippen LogP contribution in [-0.2, 0) is 0 Å². The van der Waals surface area contributed by atoms with Crippen LogP contribution in [0.15, 0.2) is 52.3 Å². The maximum absolute atomic E-state index is 11.2. The molecule has 1 aromatic heterocycles. The molecular formula is C16H15N3O3S. The van der Waals surface area contributed by atoms with Crippen molar-refractivity contribution in [1.82, 2.24) is 4.98 Å². The molecule has 0 saturated carbocycles. The van der Waals surface area contributed by atoms with Gasteiger partial charge in [0, 0.05) is 21.5 Å². The minimum Gasteiger partial charge on any atom is -0.497 e. The number of nitrogens with two attached hydrogens (primary N) is 2. The third-order valence-corrected chi connectivity index (χ3v) is 4.46. The second kappa shape index (κ2) is 6.13. The summed E-state index contributed by atoms with van der Waals surface area (Å²) in [6, 6.07) is 13.0. The number of nitrogen functional groups attached to an aromatic ring is 1. The van der Waals surface area contributed by atoms with E-state index in [9.17, 15) is 4.79 Å². The van der Waals surface area contributed by atoms with Gasteiger partial charge in [0.15, 0.2) is 0 Å². The van der Waals surface area contributed by atoms with Gasteiger partial charge in [-0.3, -0.25) is 0 Å². The SMILES string of the molecule is COc1ccc2[nH]c(OC(N)=O)c(Sc3ccccc3N)c2c1. The van der Waals surface area contributed by atoms with Crippen LogP contribution in [0.25, 0.3) is 10.9 Å². The van der Waals surface area contributed by atoms with Gasteiger partial charge in [0.05, 0.1) is 12.0 Å². The zero-order valence-electron chi connectivity index (χ0n) is 12.3. The maximum Gasteiger partial charge on any atom is 0.411 e. The number of amides is 1. The average Bonchev–Trinajstić information content (AvgIpc) is 2.85. The molecule has 0 spiro atoms. The fourth-order valence-electron chi connectivity index (χ4n) is 2.21. The second-order valence-electron chi connectivity index (χ2n) is 4.76. The summed E-state index contributed by atoms with van der Waals surface area (Å²) in [5.41, 5.74) is 12.6. The van der Waals surface area contributed by atoms with Crippen LogP contribution in [0.2, 0.25) is 0 Å². The Morgan fingerprint density at radius 2 is 2.00 bits per heavy atom. The molecule has 5 N–H and O–H groups in total. The van der Waals surface area contributed by atoms with Crippen molar-refractivity contribution in [3.05, 3.63) is 42.5 Å². The summed E-state index contributed by atoms with van der Waals surface area (Å²) in [5.74, 6) is 0.985. The Labute approximate surface area is 136 Å². The summed E-state index contributed by atoms with van der Waals surface area (Å²) in [7, 11) is 1.59. The van der Waals surface area contributed by atoms with E-state index in [0.29, 0.717) is 11.4 Å². The van der Waals surface area contributed by atoms with Crippen LogP contribution in [0.3, 0.4) is 0 Å². The van der Waals surface area contributed by atoms with Crippen LogP contribution in [0, 0.1) is 0 Å². The highest BCUT2D eigenvalue weighted by molar-refractivity contribution is 7.99. The number of anilines is 1. The Bertz CT molecular complexity index is 876. The van der Waals surface area contributed by atoms with Gasteiger partial charge in [-0.2, -0.15) is 0 Å². The Morgan fingerprint density at radius 3 is 2.70 bits per heavy atom. The smallest absolute Gasteiger partial charge is 0.411 e. The van der Waals surface area contributed by atoms with Gasteiger partial charge in [-0.05, 0) is 30.3 Å². The lowest BCUT2D eigenvalue weighted by molar-refractivity contribution is 0.208. The summed E-state index contributed by atoms with van der Waals surface area (Å²) in [4.78, 5) is 15.8. The van der Waals surface area contributed by atoms with E-state index in [0.717, 1.165) is 20.7 Å². The molecule has 2 aromatic carbocycles. The zero-order chi connectivity index (χ0) is 16.4. The molecule has 0 radical (unpaired) electrons. The average molecular weight is 329 g/mol. The van der Waals surface area contributed by atoms with Crippen LogP contribution in [0.4, 0.5) is 10.5 Å². The first-order valence-electron chi connectivity index (χ1n) is 6.78. The number of hydrogen-bond donors (Lipinski definition) is 3. The molecule has 23 heavy (non-hydrogen) atoms. The van der Waals surface area contributed by atoms with Crippen LogP contribution >= 0.6 is 11.8 Å². The van der Waals surface area contributed by atoms with Crippen molar-refractivity contribution in [1.29, 1.82) is 0 Å². The Morgan fingerprint density at radius 1 is 1.22 bits per heavy atom. The summed E-state index contributed by atoms with van der Waals surface area (Å²) in [6.45, 7) is 0. The Hall–Kier alpha value is -2.80. The number of nitrogens with one attached hydrogen (secondary N) is 1. The van der Waals surface area contributed by atoms with Crippen LogP contribution in [0.5, 0.6) is 11.6 Å². The molecule has 0 aliphatic rings. The van der Waals surface area contributed by atoms with Crippen molar-refractivity contribution in [2.45, 2.75) is 9.79 Å². The number of methoxy groups -OCH3 is 1. The fourth-order valence-corrected chi connectivity index (χ4v) is 3.22. The van der Waals surface area contributed by atoms with E-state index in [1.807, 2.05) is 42.5 Å². The zero-order valence-corrected chi connectivity index (χ0v) is 13.1. The molecule has 3 aromatic rings. The first-order chi connectivity index (χ1) is 11.1. The van der Waals surface area contributed by atoms with E-state index < -0.39 is 6.09 Å². The summed E-state index contributed by atoms with van der Waals surface area (Å²) >= 11 is 1.39. The number of aromatic amines is 1. The number of carbonyl (C=O) groups excluding carboxylic acids is 1. The normalized spacial score (nSPS) is 10.7. The minimum absolute atomic E-state index is 0.286. The third kappa shape index (κ3) is 3.04. The molecule has 0 atom stereocenters. The molecule has 0 saturated heterocycles. The predicted octanol–water partition coefficient (Wildman–Crippen LogP) is 3.37. The largest absolute Gasteiger partial charge is 0.497 e. The number of ether oxygens (including phenoxy) is 2. The number of H-pyrrole nitrogens is 1. The second-order valence-corrected chi connectivity index (χ2v) is 5.81. The summed E-state index contributed by atoms with van der Waals surface area (Å²) < 4.78 is 10.4. The molecule has 3 rings (SSSR count). The van der Waals surface area contributed by atoms with E-state index in [2.05, 4.69) is 4.98 Å². The lowest BCUT2D eigenvalue weighted by Gasteiger charge is -2.07. The molecule has 1 amide bonds. The number of fused-ring (bicyclic) bond motifs is 1. The van der Waals surface area contributed by atoms with Gasteiger partial charge in [-0.25, -0.2) is 4.79 Å². The van der Waals surface area contributed by atoms with Crippen molar-refractivity contribution in [3.8, 4) is 11.6 Å². The number of carbonyl (C=O) groups is 1. The monoisotopic (exact) mass is 329 g/mol. The van der Waals surface area contributed by atoms with E-state index in [-0.39, 0.29) is 5.88 Å². The first kappa shape index (κ1) is 15.1. The molecule has 6 nitrogen and oxygen atoms in total.